The van der Waals surface area contributed by atoms with Crippen molar-refractivity contribution in [2.45, 2.75) is 38.0 Å². The maximum absolute atomic E-state index is 6.10. The lowest BCUT2D eigenvalue weighted by Crippen LogP contribution is -2.44. The van der Waals surface area contributed by atoms with E-state index in [0.29, 0.717) is 5.92 Å². The Hall–Kier alpha value is -1.12. The molecule has 5 rings (SSSR count). The van der Waals surface area contributed by atoms with Gasteiger partial charge in [-0.3, -0.25) is 0 Å². The van der Waals surface area contributed by atoms with Crippen LogP contribution >= 0.6 is 0 Å². The van der Waals surface area contributed by atoms with Gasteiger partial charge >= 0.3 is 0 Å². The second kappa shape index (κ2) is 3.44. The molecular weight excluding hydrogens is 210 g/mol. The largest absolute Gasteiger partial charge is 0.397 e. The van der Waals surface area contributed by atoms with Crippen LogP contribution in [0.5, 0.6) is 0 Å². The van der Waals surface area contributed by atoms with Crippen LogP contribution in [0, 0.1) is 23.7 Å². The predicted molar refractivity (Wildman–Crippen MR) is 66.2 cm³/mol. The molecule has 1 aromatic rings. The number of nitrogen functional groups attached to an aromatic ring is 1. The first-order chi connectivity index (χ1) is 8.31. The Morgan fingerprint density at radius 1 is 1.00 bits per heavy atom. The van der Waals surface area contributed by atoms with Gasteiger partial charge in [0.2, 0.25) is 0 Å². The van der Waals surface area contributed by atoms with E-state index in [2.05, 4.69) is 10.2 Å². The van der Waals surface area contributed by atoms with E-state index in [1.165, 1.54) is 32.1 Å². The van der Waals surface area contributed by atoms with E-state index in [1.54, 1.807) is 6.20 Å². The number of hydrogen-bond acceptors (Lipinski definition) is 3. The zero-order chi connectivity index (χ0) is 11.4. The molecule has 4 fully saturated rings. The van der Waals surface area contributed by atoms with Gasteiger partial charge in [0.05, 0.1) is 17.6 Å². The predicted octanol–water partition coefficient (Wildman–Crippen LogP) is 2.60. The van der Waals surface area contributed by atoms with Gasteiger partial charge in [-0.05, 0) is 61.8 Å². The zero-order valence-electron chi connectivity index (χ0n) is 10.0. The average Bonchev–Trinajstić information content (AvgIpc) is 2.30. The Balaban J connectivity index is 1.73. The molecule has 1 heterocycles. The van der Waals surface area contributed by atoms with Crippen molar-refractivity contribution in [3.63, 3.8) is 0 Å². The quantitative estimate of drug-likeness (QED) is 0.805. The van der Waals surface area contributed by atoms with E-state index >= 15 is 0 Å². The van der Waals surface area contributed by atoms with E-state index in [4.69, 9.17) is 5.73 Å². The van der Waals surface area contributed by atoms with E-state index in [1.807, 2.05) is 6.07 Å². The summed E-state index contributed by atoms with van der Waals surface area (Å²) >= 11 is 0. The fourth-order valence-electron chi connectivity index (χ4n) is 4.98. The number of aromatic nitrogens is 2. The third kappa shape index (κ3) is 1.41. The van der Waals surface area contributed by atoms with Crippen LogP contribution in [-0.2, 0) is 0 Å². The van der Waals surface area contributed by atoms with Crippen molar-refractivity contribution in [2.75, 3.05) is 5.73 Å². The maximum atomic E-state index is 6.10. The molecule has 2 N–H and O–H groups in total. The van der Waals surface area contributed by atoms with Gasteiger partial charge in [-0.15, -0.1) is 0 Å². The van der Waals surface area contributed by atoms with Gasteiger partial charge in [-0.2, -0.15) is 10.2 Å². The first-order valence-corrected chi connectivity index (χ1v) is 6.88. The monoisotopic (exact) mass is 229 g/mol. The van der Waals surface area contributed by atoms with Gasteiger partial charge < -0.3 is 5.73 Å². The highest BCUT2D eigenvalue weighted by molar-refractivity contribution is 5.44. The van der Waals surface area contributed by atoms with Crippen LogP contribution in [0.1, 0.15) is 43.7 Å². The molecule has 4 aliphatic carbocycles. The average molecular weight is 229 g/mol. The summed E-state index contributed by atoms with van der Waals surface area (Å²) < 4.78 is 0. The van der Waals surface area contributed by atoms with E-state index < -0.39 is 0 Å². The third-order valence-corrected chi connectivity index (χ3v) is 5.32. The van der Waals surface area contributed by atoms with Crippen LogP contribution in [0.25, 0.3) is 0 Å². The standard InChI is InChI=1S/C14H19N3/c15-12-1-2-16-17-14(12)13-10-4-8-3-9(6-10)7-11(13)5-8/h1-2,8-11,13H,3-7H2,(H2,15,16). The highest BCUT2D eigenvalue weighted by Gasteiger charge is 2.49. The number of anilines is 1. The van der Waals surface area contributed by atoms with Gasteiger partial charge in [0, 0.05) is 5.92 Å². The SMILES string of the molecule is Nc1ccnnc1C1C2CC3CC(C2)CC1C3. The highest BCUT2D eigenvalue weighted by Crippen LogP contribution is 2.59. The topological polar surface area (TPSA) is 51.8 Å². The van der Waals surface area contributed by atoms with E-state index in [9.17, 15) is 0 Å². The molecule has 3 nitrogen and oxygen atoms in total. The molecule has 0 amide bonds. The summed E-state index contributed by atoms with van der Waals surface area (Å²) in [6, 6.07) is 1.91. The minimum Gasteiger partial charge on any atom is -0.397 e. The van der Waals surface area contributed by atoms with Crippen molar-refractivity contribution >= 4 is 5.69 Å². The van der Waals surface area contributed by atoms with E-state index in [0.717, 1.165) is 35.1 Å². The minimum absolute atomic E-state index is 0.608. The van der Waals surface area contributed by atoms with Crippen LogP contribution in [0.3, 0.4) is 0 Å². The third-order valence-electron chi connectivity index (χ3n) is 5.32. The molecule has 3 heteroatoms. The van der Waals surface area contributed by atoms with Crippen molar-refractivity contribution in [3.8, 4) is 0 Å². The van der Waals surface area contributed by atoms with Gasteiger partial charge in [0.1, 0.15) is 0 Å². The molecule has 17 heavy (non-hydrogen) atoms. The molecule has 0 aromatic carbocycles. The summed E-state index contributed by atoms with van der Waals surface area (Å²) in [5.41, 5.74) is 8.06. The smallest absolute Gasteiger partial charge is 0.0896 e. The second-order valence-electron chi connectivity index (χ2n) is 6.33. The summed E-state index contributed by atoms with van der Waals surface area (Å²) in [6.07, 6.45) is 8.84. The van der Waals surface area contributed by atoms with Crippen LogP contribution in [0.4, 0.5) is 5.69 Å². The van der Waals surface area contributed by atoms with Crippen LogP contribution in [0.15, 0.2) is 12.3 Å². The van der Waals surface area contributed by atoms with Crippen LogP contribution < -0.4 is 5.73 Å². The Morgan fingerprint density at radius 3 is 2.24 bits per heavy atom. The molecule has 0 aliphatic heterocycles. The molecule has 4 aliphatic rings. The first-order valence-electron chi connectivity index (χ1n) is 6.88. The summed E-state index contributed by atoms with van der Waals surface area (Å²) in [7, 11) is 0. The molecular formula is C14H19N3. The molecule has 0 spiro atoms. The lowest BCUT2D eigenvalue weighted by atomic mass is 9.51. The van der Waals surface area contributed by atoms with Gasteiger partial charge in [-0.1, -0.05) is 0 Å². The van der Waals surface area contributed by atoms with E-state index in [-0.39, 0.29) is 0 Å². The van der Waals surface area contributed by atoms with Crippen molar-refractivity contribution in [2.24, 2.45) is 23.7 Å². The molecule has 4 bridgehead atoms. The van der Waals surface area contributed by atoms with Crippen molar-refractivity contribution in [1.29, 1.82) is 0 Å². The number of rotatable bonds is 1. The van der Waals surface area contributed by atoms with Crippen molar-refractivity contribution in [1.82, 2.24) is 10.2 Å². The summed E-state index contributed by atoms with van der Waals surface area (Å²) in [5.74, 6) is 4.30. The lowest BCUT2D eigenvalue weighted by Gasteiger charge is -2.54. The molecule has 4 saturated carbocycles. The van der Waals surface area contributed by atoms with Crippen LogP contribution in [0.2, 0.25) is 0 Å². The summed E-state index contributed by atoms with van der Waals surface area (Å²) in [5, 5.41) is 8.40. The Morgan fingerprint density at radius 2 is 1.65 bits per heavy atom. The Kier molecular flexibility index (Phi) is 1.99. The van der Waals surface area contributed by atoms with Crippen molar-refractivity contribution in [3.05, 3.63) is 18.0 Å². The first kappa shape index (κ1) is 9.86. The van der Waals surface area contributed by atoms with Gasteiger partial charge in [-0.25, -0.2) is 0 Å². The lowest BCUT2D eigenvalue weighted by molar-refractivity contribution is -0.00417. The summed E-state index contributed by atoms with van der Waals surface area (Å²) in [4.78, 5) is 0. The number of nitrogens with zero attached hydrogens (tertiary/aromatic N) is 2. The molecule has 0 atom stereocenters. The fourth-order valence-corrected chi connectivity index (χ4v) is 4.98. The summed E-state index contributed by atoms with van der Waals surface area (Å²) in [6.45, 7) is 0. The van der Waals surface area contributed by atoms with Crippen molar-refractivity contribution < 1.29 is 0 Å². The minimum atomic E-state index is 0.608. The Labute approximate surface area is 102 Å². The molecule has 0 unspecified atom stereocenters. The fraction of sp³-hybridized carbons (Fsp3) is 0.714. The molecule has 1 aromatic heterocycles. The number of nitrogens with two attached hydrogens (primary N) is 1. The van der Waals surface area contributed by atoms with Gasteiger partial charge in [0.15, 0.2) is 0 Å². The zero-order valence-corrected chi connectivity index (χ0v) is 10.0. The van der Waals surface area contributed by atoms with Gasteiger partial charge in [0.25, 0.3) is 0 Å². The Bertz CT molecular complexity index is 415. The van der Waals surface area contributed by atoms with Crippen LogP contribution in [-0.4, -0.2) is 10.2 Å². The molecule has 0 radical (unpaired) electrons. The highest BCUT2D eigenvalue weighted by atomic mass is 15.1. The number of hydrogen-bond donors (Lipinski definition) is 1. The second-order valence-corrected chi connectivity index (χ2v) is 6.33. The normalized spacial score (nSPS) is 42.9. The molecule has 90 valence electrons. The molecule has 0 saturated heterocycles. The maximum Gasteiger partial charge on any atom is 0.0896 e.